The van der Waals surface area contributed by atoms with Crippen LogP contribution >= 0.6 is 0 Å². The number of nitrogen functional groups attached to an aromatic ring is 1. The molecule has 0 radical (unpaired) electrons. The minimum absolute atomic E-state index is 0.0466. The normalized spacial score (nSPS) is 24.1. The molecule has 1 amide bonds. The summed E-state index contributed by atoms with van der Waals surface area (Å²) in [7, 11) is -3.41. The summed E-state index contributed by atoms with van der Waals surface area (Å²) in [6, 6.07) is 10.6. The summed E-state index contributed by atoms with van der Waals surface area (Å²) < 4.78 is 45.8. The number of anilines is 1. The molecule has 2 aliphatic rings. The molecule has 2 heterocycles. The van der Waals surface area contributed by atoms with E-state index in [0.717, 1.165) is 11.1 Å². The van der Waals surface area contributed by atoms with Gasteiger partial charge in [-0.1, -0.05) is 58.0 Å². The van der Waals surface area contributed by atoms with Crippen molar-refractivity contribution in [1.82, 2.24) is 4.90 Å². The number of sulfone groups is 1. The van der Waals surface area contributed by atoms with Gasteiger partial charge in [0.15, 0.2) is 9.84 Å². The summed E-state index contributed by atoms with van der Waals surface area (Å²) in [4.78, 5) is 14.4. The Hall–Kier alpha value is -2.61. The second kappa shape index (κ2) is 8.87. The van der Waals surface area contributed by atoms with Crippen LogP contribution in [0.15, 0.2) is 36.4 Å². The van der Waals surface area contributed by atoms with E-state index in [4.69, 9.17) is 10.5 Å². The fourth-order valence-electron chi connectivity index (χ4n) is 5.06. The lowest BCUT2D eigenvalue weighted by Gasteiger charge is -2.34. The van der Waals surface area contributed by atoms with Gasteiger partial charge in [0.05, 0.1) is 23.2 Å². The largest absolute Gasteiger partial charge is 0.444 e. The van der Waals surface area contributed by atoms with Gasteiger partial charge in [0, 0.05) is 12.5 Å². The number of carbonyl (C=O) groups is 1. The lowest BCUT2D eigenvalue weighted by Crippen LogP contribution is -2.51. The third-order valence-electron chi connectivity index (χ3n) is 6.91. The Morgan fingerprint density at radius 1 is 1.15 bits per heavy atom. The average molecular weight is 489 g/mol. The number of amides is 1. The fourth-order valence-corrected chi connectivity index (χ4v) is 7.05. The Morgan fingerprint density at radius 2 is 1.88 bits per heavy atom. The third-order valence-corrected chi connectivity index (χ3v) is 8.69. The third kappa shape index (κ3) is 4.92. The maximum Gasteiger partial charge on any atom is 0.410 e. The van der Waals surface area contributed by atoms with Gasteiger partial charge in [0.1, 0.15) is 11.9 Å². The smallest absolute Gasteiger partial charge is 0.410 e. The molecule has 0 spiro atoms. The van der Waals surface area contributed by atoms with E-state index in [1.807, 2.05) is 31.2 Å². The van der Waals surface area contributed by atoms with Crippen molar-refractivity contribution in [1.29, 1.82) is 0 Å². The molecule has 8 heteroatoms. The van der Waals surface area contributed by atoms with Gasteiger partial charge in [-0.05, 0) is 46.6 Å². The van der Waals surface area contributed by atoms with Crippen LogP contribution in [-0.2, 0) is 39.4 Å². The van der Waals surface area contributed by atoms with Crippen LogP contribution < -0.4 is 5.73 Å². The van der Waals surface area contributed by atoms with Crippen molar-refractivity contribution in [2.75, 3.05) is 17.2 Å². The molecule has 2 aliphatic heterocycles. The van der Waals surface area contributed by atoms with Crippen LogP contribution in [0.5, 0.6) is 0 Å². The number of fused-ring (bicyclic) bond motifs is 1. The molecule has 6 nitrogen and oxygen atoms in total. The first-order chi connectivity index (χ1) is 15.9. The Bertz CT molecular complexity index is 1210. The number of hydrogen-bond donors (Lipinski definition) is 1. The molecule has 2 N–H and O–H groups in total. The Balaban J connectivity index is 1.60. The Kier molecular flexibility index (Phi) is 6.40. The van der Waals surface area contributed by atoms with Crippen LogP contribution in [0.25, 0.3) is 0 Å². The Labute approximate surface area is 201 Å². The molecule has 2 aromatic rings. The molecule has 0 bridgehead atoms. The van der Waals surface area contributed by atoms with Crippen LogP contribution in [0, 0.1) is 11.7 Å². The zero-order chi connectivity index (χ0) is 24.8. The Morgan fingerprint density at radius 3 is 2.56 bits per heavy atom. The van der Waals surface area contributed by atoms with E-state index in [9.17, 15) is 17.6 Å². The minimum atomic E-state index is -3.41. The second-order valence-corrected chi connectivity index (χ2v) is 12.7. The highest BCUT2D eigenvalue weighted by Crippen LogP contribution is 2.36. The summed E-state index contributed by atoms with van der Waals surface area (Å²) in [6.45, 7) is 8.53. The van der Waals surface area contributed by atoms with Gasteiger partial charge in [0.2, 0.25) is 0 Å². The van der Waals surface area contributed by atoms with E-state index in [1.165, 1.54) is 11.0 Å². The summed E-state index contributed by atoms with van der Waals surface area (Å²) in [5, 5.41) is 0. The predicted molar refractivity (Wildman–Crippen MR) is 131 cm³/mol. The van der Waals surface area contributed by atoms with Crippen molar-refractivity contribution >= 4 is 21.6 Å². The van der Waals surface area contributed by atoms with Gasteiger partial charge >= 0.3 is 6.09 Å². The van der Waals surface area contributed by atoms with Crippen LogP contribution in [-0.4, -0.2) is 43.1 Å². The topological polar surface area (TPSA) is 89.7 Å². The average Bonchev–Trinajstić information content (AvgIpc) is 3.04. The first-order valence-corrected chi connectivity index (χ1v) is 13.5. The SMILES string of the molecule is CCc1cc(C[C@@H]2CS(=O)(=O)C[C@H]3[C@H]2OC(=O)N3Cc2cccc(C(C)(C)C)c2)cc(F)c1N. The number of carbonyl (C=O) groups excluding carboxylic acids is 1. The maximum absolute atomic E-state index is 14.3. The van der Waals surface area contributed by atoms with Crippen molar-refractivity contribution in [2.24, 2.45) is 5.92 Å². The van der Waals surface area contributed by atoms with Crippen molar-refractivity contribution in [3.8, 4) is 0 Å². The number of aryl methyl sites for hydroxylation is 1. The molecular formula is C26H33FN2O4S. The first-order valence-electron chi connectivity index (χ1n) is 11.7. The van der Waals surface area contributed by atoms with E-state index >= 15 is 0 Å². The number of ether oxygens (including phenoxy) is 1. The predicted octanol–water partition coefficient (Wildman–Crippen LogP) is 4.24. The second-order valence-electron chi connectivity index (χ2n) is 10.5. The molecule has 0 aliphatic carbocycles. The van der Waals surface area contributed by atoms with Crippen LogP contribution in [0.3, 0.4) is 0 Å². The number of nitrogens with two attached hydrogens (primary N) is 1. The summed E-state index contributed by atoms with van der Waals surface area (Å²) >= 11 is 0. The highest BCUT2D eigenvalue weighted by Gasteiger charge is 2.51. The minimum Gasteiger partial charge on any atom is -0.444 e. The summed E-state index contributed by atoms with van der Waals surface area (Å²) in [6.07, 6.45) is -0.198. The molecule has 2 saturated heterocycles. The number of halogens is 1. The monoisotopic (exact) mass is 488 g/mol. The molecule has 184 valence electrons. The maximum atomic E-state index is 14.3. The molecule has 0 saturated carbocycles. The van der Waals surface area contributed by atoms with E-state index in [2.05, 4.69) is 26.8 Å². The van der Waals surface area contributed by atoms with Crippen LogP contribution in [0.2, 0.25) is 0 Å². The fraction of sp³-hybridized carbons (Fsp3) is 0.500. The zero-order valence-corrected chi connectivity index (χ0v) is 21.0. The molecule has 3 atom stereocenters. The van der Waals surface area contributed by atoms with Gasteiger partial charge < -0.3 is 10.5 Å². The number of benzene rings is 2. The first kappa shape index (κ1) is 24.5. The van der Waals surface area contributed by atoms with Crippen molar-refractivity contribution < 1.29 is 22.3 Å². The van der Waals surface area contributed by atoms with Crippen molar-refractivity contribution in [3.05, 3.63) is 64.5 Å². The molecule has 2 aromatic carbocycles. The standard InChI is InChI=1S/C26H33FN2O4S/c1-5-18-9-17(12-21(27)23(18)28)10-19-14-34(31,32)15-22-24(19)33-25(30)29(22)13-16-7-6-8-20(11-16)26(2,3)4/h6-9,11-12,19,22,24H,5,10,13-15,28H2,1-4H3/t19-,22+,24+/m1/s1. The number of hydrogen-bond acceptors (Lipinski definition) is 5. The molecular weight excluding hydrogens is 455 g/mol. The summed E-state index contributed by atoms with van der Waals surface area (Å²) in [5.41, 5.74) is 9.32. The molecule has 4 rings (SSSR count). The van der Waals surface area contributed by atoms with Crippen LogP contribution in [0.1, 0.15) is 49.9 Å². The highest BCUT2D eigenvalue weighted by molar-refractivity contribution is 7.91. The van der Waals surface area contributed by atoms with E-state index in [-0.39, 0.29) is 29.2 Å². The molecule has 0 aromatic heterocycles. The van der Waals surface area contributed by atoms with Crippen LogP contribution in [0.4, 0.5) is 14.9 Å². The van der Waals surface area contributed by atoms with Crippen molar-refractivity contribution in [2.45, 2.75) is 64.6 Å². The van der Waals surface area contributed by atoms with Crippen molar-refractivity contribution in [3.63, 3.8) is 0 Å². The van der Waals surface area contributed by atoms with E-state index < -0.39 is 39.8 Å². The molecule has 34 heavy (non-hydrogen) atoms. The molecule has 0 unspecified atom stereocenters. The lowest BCUT2D eigenvalue weighted by atomic mass is 9.86. The quantitative estimate of drug-likeness (QED) is 0.636. The zero-order valence-electron chi connectivity index (χ0n) is 20.2. The number of nitrogens with zero attached hydrogens (tertiary/aromatic N) is 1. The highest BCUT2D eigenvalue weighted by atomic mass is 32.2. The number of rotatable bonds is 5. The van der Waals surface area contributed by atoms with E-state index in [0.29, 0.717) is 24.0 Å². The lowest BCUT2D eigenvalue weighted by molar-refractivity contribution is 0.0969. The molecule has 2 fully saturated rings. The van der Waals surface area contributed by atoms with Gasteiger partial charge in [-0.25, -0.2) is 17.6 Å². The van der Waals surface area contributed by atoms with Gasteiger partial charge in [0.25, 0.3) is 0 Å². The van der Waals surface area contributed by atoms with E-state index in [1.54, 1.807) is 0 Å². The van der Waals surface area contributed by atoms with Gasteiger partial charge in [-0.3, -0.25) is 4.90 Å². The summed E-state index contributed by atoms with van der Waals surface area (Å²) in [5.74, 6) is -1.18. The van der Waals surface area contributed by atoms with Gasteiger partial charge in [-0.2, -0.15) is 0 Å². The van der Waals surface area contributed by atoms with Gasteiger partial charge in [-0.15, -0.1) is 0 Å².